The van der Waals surface area contributed by atoms with E-state index in [1.165, 1.54) is 17.5 Å². The number of hydrogen-bond donors (Lipinski definition) is 1. The minimum Gasteiger partial charge on any atom is -0.450 e. The summed E-state index contributed by atoms with van der Waals surface area (Å²) in [5.74, 6) is -0.252. The molecule has 4 rings (SSSR count). The summed E-state index contributed by atoms with van der Waals surface area (Å²) in [5.41, 5.74) is 0.840. The average molecular weight is 383 g/mol. The lowest BCUT2D eigenvalue weighted by atomic mass is 10.2. The number of aromatic nitrogens is 3. The number of pyridine rings is 1. The molecule has 1 N–H and O–H groups in total. The van der Waals surface area contributed by atoms with E-state index < -0.39 is 12.1 Å². The Labute approximate surface area is 156 Å². The van der Waals surface area contributed by atoms with E-state index in [1.807, 2.05) is 22.9 Å². The first-order chi connectivity index (χ1) is 12.6. The number of hydrogen-bond acceptors (Lipinski definition) is 7. The highest BCUT2D eigenvalue weighted by Crippen LogP contribution is 2.33. The van der Waals surface area contributed by atoms with Crippen LogP contribution >= 0.6 is 22.7 Å². The molecule has 0 bridgehead atoms. The van der Waals surface area contributed by atoms with Crippen LogP contribution in [-0.2, 0) is 4.74 Å². The van der Waals surface area contributed by atoms with E-state index >= 15 is 0 Å². The molecule has 6 nitrogen and oxygen atoms in total. The van der Waals surface area contributed by atoms with Crippen molar-refractivity contribution in [3.63, 3.8) is 0 Å². The van der Waals surface area contributed by atoms with E-state index in [4.69, 9.17) is 4.74 Å². The maximum absolute atomic E-state index is 12.6. The zero-order chi connectivity index (χ0) is 18.1. The van der Waals surface area contributed by atoms with Gasteiger partial charge < -0.3 is 9.72 Å². The van der Waals surface area contributed by atoms with Crippen molar-refractivity contribution in [3.8, 4) is 10.4 Å². The van der Waals surface area contributed by atoms with Crippen LogP contribution < -0.4 is 5.56 Å². The maximum atomic E-state index is 12.6. The number of carbonyl (C=O) groups excluding carboxylic acids is 1. The van der Waals surface area contributed by atoms with Gasteiger partial charge in [-0.05, 0) is 30.5 Å². The standard InChI is InChI=1S/C18H13N3O3S2/c1-10(24-18(23)12-5-2-3-7-19-12)15-20-16(22)14-11(9-26-17(14)21-15)13-6-4-8-25-13/h2-10H,1H3,(H,20,21,22)/t10-/m0/s1. The number of nitrogens with zero attached hydrogens (tertiary/aromatic N) is 2. The highest BCUT2D eigenvalue weighted by Gasteiger charge is 2.19. The quantitative estimate of drug-likeness (QED) is 0.538. The van der Waals surface area contributed by atoms with Crippen molar-refractivity contribution in [2.24, 2.45) is 0 Å². The Morgan fingerprint density at radius 3 is 2.85 bits per heavy atom. The van der Waals surface area contributed by atoms with Crippen LogP contribution in [0.3, 0.4) is 0 Å². The molecule has 4 aromatic heterocycles. The first-order valence-electron chi connectivity index (χ1n) is 7.81. The summed E-state index contributed by atoms with van der Waals surface area (Å²) in [5, 5.41) is 4.45. The second-order valence-corrected chi connectivity index (χ2v) is 7.33. The summed E-state index contributed by atoms with van der Waals surface area (Å²) in [6, 6.07) is 8.91. The van der Waals surface area contributed by atoms with Gasteiger partial charge in [-0.1, -0.05) is 12.1 Å². The molecule has 4 heterocycles. The van der Waals surface area contributed by atoms with Crippen LogP contribution in [0.2, 0.25) is 0 Å². The number of fused-ring (bicyclic) bond motifs is 1. The predicted octanol–water partition coefficient (Wildman–Crippen LogP) is 4.03. The molecule has 0 aliphatic carbocycles. The van der Waals surface area contributed by atoms with E-state index in [0.717, 1.165) is 10.4 Å². The van der Waals surface area contributed by atoms with Crippen LogP contribution in [0, 0.1) is 0 Å². The van der Waals surface area contributed by atoms with Crippen molar-refractivity contribution >= 4 is 38.9 Å². The fourth-order valence-corrected chi connectivity index (χ4v) is 4.30. The molecule has 0 aliphatic rings. The van der Waals surface area contributed by atoms with Gasteiger partial charge in [0.25, 0.3) is 5.56 Å². The first-order valence-corrected chi connectivity index (χ1v) is 9.56. The van der Waals surface area contributed by atoms with Gasteiger partial charge in [0, 0.05) is 22.0 Å². The Bertz CT molecular complexity index is 1120. The lowest BCUT2D eigenvalue weighted by Crippen LogP contribution is -2.17. The number of rotatable bonds is 4. The Morgan fingerprint density at radius 1 is 1.23 bits per heavy atom. The molecule has 0 amide bonds. The molecule has 0 aliphatic heterocycles. The number of thiophene rings is 2. The molecule has 0 spiro atoms. The molecular weight excluding hydrogens is 370 g/mol. The van der Waals surface area contributed by atoms with Crippen molar-refractivity contribution in [3.05, 3.63) is 69.2 Å². The molecule has 0 unspecified atom stereocenters. The highest BCUT2D eigenvalue weighted by molar-refractivity contribution is 7.18. The number of nitrogens with one attached hydrogen (secondary N) is 1. The van der Waals surface area contributed by atoms with E-state index in [1.54, 1.807) is 36.5 Å². The van der Waals surface area contributed by atoms with Gasteiger partial charge in [-0.2, -0.15) is 0 Å². The maximum Gasteiger partial charge on any atom is 0.357 e. The largest absolute Gasteiger partial charge is 0.450 e. The molecule has 0 aromatic carbocycles. The molecule has 26 heavy (non-hydrogen) atoms. The van der Waals surface area contributed by atoms with Crippen LogP contribution in [0.5, 0.6) is 0 Å². The third kappa shape index (κ3) is 3.04. The van der Waals surface area contributed by atoms with E-state index in [9.17, 15) is 9.59 Å². The fourth-order valence-electron chi connectivity index (χ4n) is 2.53. The monoisotopic (exact) mass is 383 g/mol. The van der Waals surface area contributed by atoms with E-state index in [0.29, 0.717) is 16.0 Å². The molecule has 0 saturated carbocycles. The number of H-pyrrole nitrogens is 1. The zero-order valence-corrected chi connectivity index (χ0v) is 15.3. The van der Waals surface area contributed by atoms with Gasteiger partial charge in [0.2, 0.25) is 0 Å². The first kappa shape index (κ1) is 16.6. The molecular formula is C18H13N3O3S2. The number of aromatic amines is 1. The van der Waals surface area contributed by atoms with Gasteiger partial charge in [-0.25, -0.2) is 14.8 Å². The SMILES string of the molecule is C[C@H](OC(=O)c1ccccn1)c1nc2scc(-c3cccs3)c2c(=O)[nH]1. The summed E-state index contributed by atoms with van der Waals surface area (Å²) in [6.45, 7) is 1.67. The summed E-state index contributed by atoms with van der Waals surface area (Å²) in [4.78, 5) is 37.6. The van der Waals surface area contributed by atoms with Gasteiger partial charge in [0.05, 0.1) is 5.39 Å². The van der Waals surface area contributed by atoms with Crippen LogP contribution in [0.4, 0.5) is 0 Å². The molecule has 0 radical (unpaired) electrons. The van der Waals surface area contributed by atoms with E-state index in [-0.39, 0.29) is 11.3 Å². The third-order valence-electron chi connectivity index (χ3n) is 3.79. The van der Waals surface area contributed by atoms with Gasteiger partial charge in [0.1, 0.15) is 10.5 Å². The summed E-state index contributed by atoms with van der Waals surface area (Å²) >= 11 is 2.97. The topological polar surface area (TPSA) is 84.9 Å². The zero-order valence-electron chi connectivity index (χ0n) is 13.6. The van der Waals surface area contributed by atoms with Crippen molar-refractivity contribution in [1.29, 1.82) is 0 Å². The minimum atomic E-state index is -0.700. The second kappa shape index (κ2) is 6.81. The molecule has 0 fully saturated rings. The molecule has 130 valence electrons. The summed E-state index contributed by atoms with van der Waals surface area (Å²) in [6.07, 6.45) is 0.819. The second-order valence-electron chi connectivity index (χ2n) is 5.52. The van der Waals surface area contributed by atoms with E-state index in [2.05, 4.69) is 15.0 Å². The van der Waals surface area contributed by atoms with Gasteiger partial charge in [-0.15, -0.1) is 22.7 Å². The smallest absolute Gasteiger partial charge is 0.357 e. The highest BCUT2D eigenvalue weighted by atomic mass is 32.1. The third-order valence-corrected chi connectivity index (χ3v) is 5.57. The van der Waals surface area contributed by atoms with Crippen molar-refractivity contribution in [2.45, 2.75) is 13.0 Å². The van der Waals surface area contributed by atoms with Crippen molar-refractivity contribution < 1.29 is 9.53 Å². The number of esters is 1. The lowest BCUT2D eigenvalue weighted by Gasteiger charge is -2.12. The van der Waals surface area contributed by atoms with Crippen LogP contribution in [0.15, 0.2) is 52.1 Å². The van der Waals surface area contributed by atoms with Crippen molar-refractivity contribution in [1.82, 2.24) is 15.0 Å². The Kier molecular flexibility index (Phi) is 4.36. The Hall–Kier alpha value is -2.84. The summed E-state index contributed by atoms with van der Waals surface area (Å²) < 4.78 is 5.38. The molecule has 8 heteroatoms. The van der Waals surface area contributed by atoms with Gasteiger partial charge in [-0.3, -0.25) is 4.79 Å². The van der Waals surface area contributed by atoms with Crippen LogP contribution in [0.1, 0.15) is 29.3 Å². The van der Waals surface area contributed by atoms with Crippen LogP contribution in [0.25, 0.3) is 20.7 Å². The number of ether oxygens (including phenoxy) is 1. The summed E-state index contributed by atoms with van der Waals surface area (Å²) in [7, 11) is 0. The van der Waals surface area contributed by atoms with Gasteiger partial charge in [0.15, 0.2) is 11.9 Å². The lowest BCUT2D eigenvalue weighted by molar-refractivity contribution is 0.0313. The molecule has 1 atom stereocenters. The normalized spacial score (nSPS) is 12.2. The predicted molar refractivity (Wildman–Crippen MR) is 102 cm³/mol. The Morgan fingerprint density at radius 2 is 2.12 bits per heavy atom. The Balaban J connectivity index is 1.65. The fraction of sp³-hybridized carbons (Fsp3) is 0.111. The minimum absolute atomic E-state index is 0.207. The van der Waals surface area contributed by atoms with Gasteiger partial charge >= 0.3 is 5.97 Å². The average Bonchev–Trinajstić information content (AvgIpc) is 3.31. The van der Waals surface area contributed by atoms with Crippen molar-refractivity contribution in [2.75, 3.05) is 0 Å². The molecule has 4 aromatic rings. The molecule has 0 saturated heterocycles. The van der Waals surface area contributed by atoms with Crippen LogP contribution in [-0.4, -0.2) is 20.9 Å². The number of carbonyl (C=O) groups is 1.